The average Bonchev–Trinajstić information content (AvgIpc) is 3.35. The molecular formula is C21H23N5O3S. The monoisotopic (exact) mass is 425 g/mol. The number of nitrogens with one attached hydrogen (secondary N) is 1. The molecule has 2 aromatic carbocycles. The second-order valence-electron chi connectivity index (χ2n) is 6.83. The zero-order valence-corrected chi connectivity index (χ0v) is 17.9. The van der Waals surface area contributed by atoms with Crippen LogP contribution in [0, 0.1) is 6.92 Å². The van der Waals surface area contributed by atoms with Crippen LogP contribution >= 0.6 is 11.8 Å². The number of benzene rings is 2. The minimum absolute atomic E-state index is 0.127. The second-order valence-corrected chi connectivity index (χ2v) is 7.77. The molecule has 9 heteroatoms. The molecule has 0 radical (unpaired) electrons. The number of aromatic nitrogens is 3. The quantitative estimate of drug-likeness (QED) is 0.580. The summed E-state index contributed by atoms with van der Waals surface area (Å²) in [7, 11) is 3.13. The number of hydrogen-bond acceptors (Lipinski definition) is 7. The third-order valence-corrected chi connectivity index (χ3v) is 5.80. The molecule has 3 aromatic rings. The molecule has 8 nitrogen and oxygen atoms in total. The predicted octanol–water partition coefficient (Wildman–Crippen LogP) is 3.49. The van der Waals surface area contributed by atoms with E-state index >= 15 is 0 Å². The van der Waals surface area contributed by atoms with Crippen molar-refractivity contribution in [3.05, 3.63) is 48.0 Å². The highest BCUT2D eigenvalue weighted by atomic mass is 32.2. The lowest BCUT2D eigenvalue weighted by molar-refractivity contribution is -0.113. The molecule has 0 unspecified atom stereocenters. The van der Waals surface area contributed by atoms with E-state index in [1.807, 2.05) is 4.57 Å². The smallest absolute Gasteiger partial charge is 0.234 e. The van der Waals surface area contributed by atoms with Gasteiger partial charge in [0.05, 0.1) is 20.0 Å². The Hall–Kier alpha value is -3.20. The summed E-state index contributed by atoms with van der Waals surface area (Å²) in [6.45, 7) is 3.69. The van der Waals surface area contributed by atoms with Gasteiger partial charge in [0.1, 0.15) is 0 Å². The molecule has 1 N–H and O–H groups in total. The van der Waals surface area contributed by atoms with Gasteiger partial charge in [-0.1, -0.05) is 29.5 Å². The normalized spacial score (nSPS) is 12.6. The molecule has 1 aliphatic heterocycles. The Morgan fingerprint density at radius 1 is 1.07 bits per heavy atom. The number of rotatable bonds is 7. The molecule has 0 bridgehead atoms. The molecule has 30 heavy (non-hydrogen) atoms. The van der Waals surface area contributed by atoms with E-state index in [-0.39, 0.29) is 11.7 Å². The first-order valence-electron chi connectivity index (χ1n) is 9.51. The fourth-order valence-electron chi connectivity index (χ4n) is 3.29. The molecule has 0 aliphatic carbocycles. The van der Waals surface area contributed by atoms with Crippen LogP contribution in [0.4, 0.5) is 17.3 Å². The molecule has 4 rings (SSSR count). The number of ether oxygens (including phenoxy) is 2. The van der Waals surface area contributed by atoms with Crippen LogP contribution in [0.2, 0.25) is 0 Å². The number of anilines is 3. The van der Waals surface area contributed by atoms with Crippen molar-refractivity contribution < 1.29 is 14.3 Å². The molecular weight excluding hydrogens is 402 g/mol. The number of methoxy groups -OCH3 is 2. The first-order chi connectivity index (χ1) is 14.6. The highest BCUT2D eigenvalue weighted by Crippen LogP contribution is 2.33. The van der Waals surface area contributed by atoms with Crippen LogP contribution in [0.15, 0.2) is 47.6 Å². The van der Waals surface area contributed by atoms with Gasteiger partial charge < -0.3 is 19.7 Å². The molecule has 0 atom stereocenters. The van der Waals surface area contributed by atoms with E-state index in [0.717, 1.165) is 29.9 Å². The number of fused-ring (bicyclic) bond motifs is 1. The van der Waals surface area contributed by atoms with Crippen molar-refractivity contribution in [2.24, 2.45) is 0 Å². The van der Waals surface area contributed by atoms with Crippen LogP contribution in [0.25, 0.3) is 0 Å². The Morgan fingerprint density at radius 2 is 1.83 bits per heavy atom. The van der Waals surface area contributed by atoms with Gasteiger partial charge in [-0.25, -0.2) is 0 Å². The van der Waals surface area contributed by atoms with Crippen molar-refractivity contribution in [2.75, 3.05) is 36.7 Å². The summed E-state index contributed by atoms with van der Waals surface area (Å²) >= 11 is 1.37. The lowest BCUT2D eigenvalue weighted by Gasteiger charge is -2.15. The first kappa shape index (κ1) is 20.1. The summed E-state index contributed by atoms with van der Waals surface area (Å²) in [5.41, 5.74) is 2.96. The fourth-order valence-corrected chi connectivity index (χ4v) is 4.05. The number of thioether (sulfide) groups is 1. The van der Waals surface area contributed by atoms with Crippen LogP contribution < -0.4 is 19.7 Å². The maximum absolute atomic E-state index is 12.4. The van der Waals surface area contributed by atoms with E-state index in [4.69, 9.17) is 9.47 Å². The predicted molar refractivity (Wildman–Crippen MR) is 117 cm³/mol. The van der Waals surface area contributed by atoms with Crippen molar-refractivity contribution >= 4 is 35.0 Å². The highest BCUT2D eigenvalue weighted by molar-refractivity contribution is 7.99. The summed E-state index contributed by atoms with van der Waals surface area (Å²) in [6, 6.07) is 13.6. The van der Waals surface area contributed by atoms with Gasteiger partial charge in [-0.3, -0.25) is 9.36 Å². The summed E-state index contributed by atoms with van der Waals surface area (Å²) in [5.74, 6) is 2.09. The van der Waals surface area contributed by atoms with E-state index in [2.05, 4.69) is 51.6 Å². The number of amides is 1. The first-order valence-corrected chi connectivity index (χ1v) is 10.5. The molecule has 0 saturated carbocycles. The van der Waals surface area contributed by atoms with Gasteiger partial charge in [-0.2, -0.15) is 0 Å². The van der Waals surface area contributed by atoms with Crippen molar-refractivity contribution in [2.45, 2.75) is 18.6 Å². The Kier molecular flexibility index (Phi) is 5.80. The van der Waals surface area contributed by atoms with Gasteiger partial charge in [0, 0.05) is 30.5 Å². The lowest BCUT2D eigenvalue weighted by atomic mass is 10.2. The summed E-state index contributed by atoms with van der Waals surface area (Å²) in [4.78, 5) is 14.5. The topological polar surface area (TPSA) is 81.5 Å². The number of hydrogen-bond donors (Lipinski definition) is 1. The van der Waals surface area contributed by atoms with E-state index in [1.54, 1.807) is 32.4 Å². The minimum Gasteiger partial charge on any atom is -0.493 e. The highest BCUT2D eigenvalue weighted by Gasteiger charge is 2.26. The zero-order chi connectivity index (χ0) is 21.1. The van der Waals surface area contributed by atoms with Gasteiger partial charge in [-0.05, 0) is 31.2 Å². The van der Waals surface area contributed by atoms with Crippen LogP contribution in [-0.2, 0) is 11.3 Å². The van der Waals surface area contributed by atoms with Gasteiger partial charge in [0.15, 0.2) is 16.7 Å². The van der Waals surface area contributed by atoms with Crippen molar-refractivity contribution in [1.82, 2.24) is 14.8 Å². The zero-order valence-electron chi connectivity index (χ0n) is 17.1. The Labute approximate surface area is 179 Å². The van der Waals surface area contributed by atoms with E-state index in [9.17, 15) is 4.79 Å². The fraction of sp³-hybridized carbons (Fsp3) is 0.286. The SMILES string of the molecule is COc1ccc(NC(=O)CSc2nnc3n2CCN3c2ccc(C)cc2)cc1OC. The third kappa shape index (κ3) is 4.06. The number of carbonyl (C=O) groups excluding carboxylic acids is 1. The molecule has 1 aliphatic rings. The average molecular weight is 426 g/mol. The molecule has 0 spiro atoms. The van der Waals surface area contributed by atoms with E-state index in [1.165, 1.54) is 17.3 Å². The van der Waals surface area contributed by atoms with Crippen molar-refractivity contribution in [1.29, 1.82) is 0 Å². The summed E-state index contributed by atoms with van der Waals surface area (Å²) < 4.78 is 12.5. The van der Waals surface area contributed by atoms with Crippen LogP contribution in [0.3, 0.4) is 0 Å². The van der Waals surface area contributed by atoms with Crippen LogP contribution in [0.1, 0.15) is 5.56 Å². The molecule has 1 amide bonds. The number of carbonyl (C=O) groups is 1. The maximum Gasteiger partial charge on any atom is 0.234 e. The molecule has 2 heterocycles. The largest absolute Gasteiger partial charge is 0.493 e. The van der Waals surface area contributed by atoms with E-state index in [0.29, 0.717) is 17.2 Å². The maximum atomic E-state index is 12.4. The molecule has 1 aromatic heterocycles. The number of nitrogens with zero attached hydrogens (tertiary/aromatic N) is 4. The van der Waals surface area contributed by atoms with Gasteiger partial charge >= 0.3 is 0 Å². The molecule has 156 valence electrons. The second kappa shape index (κ2) is 8.66. The van der Waals surface area contributed by atoms with Crippen molar-refractivity contribution in [3.63, 3.8) is 0 Å². The molecule has 0 saturated heterocycles. The standard InChI is InChI=1S/C21H23N5O3S/c1-14-4-7-16(8-5-14)25-10-11-26-20(25)23-24-21(26)30-13-19(27)22-15-6-9-17(28-2)18(12-15)29-3/h4-9,12H,10-11,13H2,1-3H3,(H,22,27). The summed E-state index contributed by atoms with van der Waals surface area (Å²) in [5, 5.41) is 12.2. The minimum atomic E-state index is -0.127. The summed E-state index contributed by atoms with van der Waals surface area (Å²) in [6.07, 6.45) is 0. The number of aryl methyl sites for hydroxylation is 1. The Balaban J connectivity index is 1.39. The third-order valence-electron chi connectivity index (χ3n) is 4.83. The van der Waals surface area contributed by atoms with E-state index < -0.39 is 0 Å². The van der Waals surface area contributed by atoms with Crippen LogP contribution in [0.5, 0.6) is 11.5 Å². The molecule has 0 fully saturated rings. The lowest BCUT2D eigenvalue weighted by Crippen LogP contribution is -2.15. The Bertz CT molecular complexity index is 1050. The van der Waals surface area contributed by atoms with Crippen LogP contribution in [-0.4, -0.2) is 47.2 Å². The van der Waals surface area contributed by atoms with Gasteiger partial charge in [-0.15, -0.1) is 10.2 Å². The van der Waals surface area contributed by atoms with Gasteiger partial charge in [0.25, 0.3) is 0 Å². The van der Waals surface area contributed by atoms with Gasteiger partial charge in [0.2, 0.25) is 11.9 Å². The van der Waals surface area contributed by atoms with Crippen molar-refractivity contribution in [3.8, 4) is 11.5 Å². The Morgan fingerprint density at radius 3 is 2.57 bits per heavy atom.